The zero-order valence-electron chi connectivity index (χ0n) is 13.5. The first-order valence-corrected chi connectivity index (χ1v) is 8.34. The number of para-hydroxylation sites is 1. The summed E-state index contributed by atoms with van der Waals surface area (Å²) >= 11 is 0. The highest BCUT2D eigenvalue weighted by molar-refractivity contribution is 6.27. The topological polar surface area (TPSA) is 32.9 Å². The SMILES string of the molecule is O=C(c1c2ccccc2cc2ccccc12)c1c[nH]c2ccccc12. The van der Waals surface area contributed by atoms with Crippen molar-refractivity contribution in [3.63, 3.8) is 0 Å². The predicted octanol–water partition coefficient (Wildman–Crippen LogP) is 5.71. The molecule has 0 fully saturated rings. The molecule has 5 rings (SSSR count). The molecular formula is C23H15NO. The second-order valence-corrected chi connectivity index (χ2v) is 6.27. The number of aromatic nitrogens is 1. The van der Waals surface area contributed by atoms with Crippen LogP contribution in [0, 0.1) is 0 Å². The van der Waals surface area contributed by atoms with E-state index in [0.717, 1.165) is 43.6 Å². The standard InChI is InChI=1S/C23H15NO/c25-23(20-14-24-21-12-6-5-11-19(20)21)22-17-9-3-1-7-15(17)13-16-8-2-4-10-18(16)22/h1-14,24H. The molecule has 0 spiro atoms. The van der Waals surface area contributed by atoms with E-state index in [1.165, 1.54) is 0 Å². The Morgan fingerprint density at radius 2 is 1.24 bits per heavy atom. The molecule has 0 bridgehead atoms. The number of fused-ring (bicyclic) bond motifs is 3. The minimum atomic E-state index is 0.0606. The van der Waals surface area contributed by atoms with Gasteiger partial charge in [0.15, 0.2) is 5.78 Å². The van der Waals surface area contributed by atoms with Crippen LogP contribution in [0.1, 0.15) is 15.9 Å². The zero-order valence-corrected chi connectivity index (χ0v) is 13.5. The van der Waals surface area contributed by atoms with Crippen LogP contribution in [-0.4, -0.2) is 10.8 Å². The maximum Gasteiger partial charge on any atom is 0.196 e. The number of carbonyl (C=O) groups excluding carboxylic acids is 1. The van der Waals surface area contributed by atoms with Crippen LogP contribution >= 0.6 is 0 Å². The Morgan fingerprint density at radius 3 is 1.92 bits per heavy atom. The lowest BCUT2D eigenvalue weighted by Crippen LogP contribution is -2.03. The molecule has 0 saturated heterocycles. The lowest BCUT2D eigenvalue weighted by molar-refractivity contribution is 0.104. The molecule has 2 heteroatoms. The zero-order chi connectivity index (χ0) is 16.8. The van der Waals surface area contributed by atoms with Gasteiger partial charge >= 0.3 is 0 Å². The van der Waals surface area contributed by atoms with Gasteiger partial charge in [-0.25, -0.2) is 0 Å². The summed E-state index contributed by atoms with van der Waals surface area (Å²) < 4.78 is 0. The molecule has 118 valence electrons. The van der Waals surface area contributed by atoms with Crippen LogP contribution < -0.4 is 0 Å². The number of aromatic amines is 1. The third kappa shape index (κ3) is 2.08. The second kappa shape index (κ2) is 5.32. The van der Waals surface area contributed by atoms with Crippen molar-refractivity contribution in [2.24, 2.45) is 0 Å². The van der Waals surface area contributed by atoms with E-state index in [2.05, 4.69) is 23.2 Å². The monoisotopic (exact) mass is 321 g/mol. The molecule has 4 aromatic carbocycles. The number of carbonyl (C=O) groups is 1. The third-order valence-electron chi connectivity index (χ3n) is 4.83. The minimum Gasteiger partial charge on any atom is -0.360 e. The van der Waals surface area contributed by atoms with E-state index in [9.17, 15) is 4.79 Å². The van der Waals surface area contributed by atoms with Crippen molar-refractivity contribution in [1.82, 2.24) is 4.98 Å². The Morgan fingerprint density at radius 1 is 0.680 bits per heavy atom. The summed E-state index contributed by atoms with van der Waals surface area (Å²) in [4.78, 5) is 16.7. The maximum atomic E-state index is 13.5. The number of benzene rings is 4. The Labute approximate surface area is 144 Å². The molecule has 0 atom stereocenters. The normalized spacial score (nSPS) is 11.4. The van der Waals surface area contributed by atoms with E-state index in [0.29, 0.717) is 0 Å². The van der Waals surface area contributed by atoms with Gasteiger partial charge in [-0.3, -0.25) is 4.79 Å². The lowest BCUT2D eigenvalue weighted by atomic mass is 9.91. The number of rotatable bonds is 2. The Hall–Kier alpha value is -3.39. The average Bonchev–Trinajstić information content (AvgIpc) is 3.09. The van der Waals surface area contributed by atoms with E-state index in [4.69, 9.17) is 0 Å². The number of nitrogens with one attached hydrogen (secondary N) is 1. The van der Waals surface area contributed by atoms with Crippen molar-refractivity contribution in [3.05, 3.63) is 96.2 Å². The van der Waals surface area contributed by atoms with Crippen LogP contribution in [0.2, 0.25) is 0 Å². The summed E-state index contributed by atoms with van der Waals surface area (Å²) in [6, 6.07) is 26.3. The molecule has 0 unspecified atom stereocenters. The maximum absolute atomic E-state index is 13.5. The van der Waals surface area contributed by atoms with Crippen LogP contribution in [0.3, 0.4) is 0 Å². The van der Waals surface area contributed by atoms with Crippen molar-refractivity contribution < 1.29 is 4.79 Å². The van der Waals surface area contributed by atoms with Crippen molar-refractivity contribution in [3.8, 4) is 0 Å². The Kier molecular flexibility index (Phi) is 2.98. The highest BCUT2D eigenvalue weighted by Crippen LogP contribution is 2.31. The van der Waals surface area contributed by atoms with Gasteiger partial charge in [0.1, 0.15) is 0 Å². The molecule has 0 aliphatic rings. The predicted molar refractivity (Wildman–Crippen MR) is 103 cm³/mol. The molecule has 1 aromatic heterocycles. The number of hydrogen-bond acceptors (Lipinski definition) is 1. The van der Waals surface area contributed by atoms with Crippen molar-refractivity contribution >= 4 is 38.2 Å². The summed E-state index contributed by atoms with van der Waals surface area (Å²) in [5.41, 5.74) is 2.48. The molecule has 2 nitrogen and oxygen atoms in total. The number of hydrogen-bond donors (Lipinski definition) is 1. The Bertz CT molecular complexity index is 1210. The van der Waals surface area contributed by atoms with E-state index in [1.54, 1.807) is 0 Å². The van der Waals surface area contributed by atoms with Gasteiger partial charge in [0.2, 0.25) is 0 Å². The largest absolute Gasteiger partial charge is 0.360 e. The molecule has 1 heterocycles. The van der Waals surface area contributed by atoms with Gasteiger partial charge in [0, 0.05) is 28.2 Å². The summed E-state index contributed by atoms with van der Waals surface area (Å²) in [6.45, 7) is 0. The molecule has 5 aromatic rings. The van der Waals surface area contributed by atoms with Crippen LogP contribution in [-0.2, 0) is 0 Å². The van der Waals surface area contributed by atoms with Gasteiger partial charge in [-0.15, -0.1) is 0 Å². The first-order chi connectivity index (χ1) is 12.3. The molecule has 0 radical (unpaired) electrons. The second-order valence-electron chi connectivity index (χ2n) is 6.27. The molecular weight excluding hydrogens is 306 g/mol. The quantitative estimate of drug-likeness (QED) is 0.328. The third-order valence-corrected chi connectivity index (χ3v) is 4.83. The average molecular weight is 321 g/mol. The fraction of sp³-hybridized carbons (Fsp3) is 0. The van der Waals surface area contributed by atoms with Crippen molar-refractivity contribution in [2.45, 2.75) is 0 Å². The lowest BCUT2D eigenvalue weighted by Gasteiger charge is -2.10. The minimum absolute atomic E-state index is 0.0606. The molecule has 0 amide bonds. The molecule has 1 N–H and O–H groups in total. The molecule has 0 saturated carbocycles. The van der Waals surface area contributed by atoms with Crippen molar-refractivity contribution in [1.29, 1.82) is 0 Å². The summed E-state index contributed by atoms with van der Waals surface area (Å²) in [7, 11) is 0. The summed E-state index contributed by atoms with van der Waals surface area (Å²) in [6.07, 6.45) is 1.82. The van der Waals surface area contributed by atoms with E-state index in [1.807, 2.05) is 66.9 Å². The van der Waals surface area contributed by atoms with Crippen LogP contribution in [0.15, 0.2) is 85.1 Å². The first kappa shape index (κ1) is 14.0. The van der Waals surface area contributed by atoms with Gasteiger partial charge < -0.3 is 4.98 Å². The van der Waals surface area contributed by atoms with E-state index >= 15 is 0 Å². The van der Waals surface area contributed by atoms with Crippen LogP contribution in [0.5, 0.6) is 0 Å². The van der Waals surface area contributed by atoms with Crippen LogP contribution in [0.4, 0.5) is 0 Å². The highest BCUT2D eigenvalue weighted by Gasteiger charge is 2.19. The smallest absolute Gasteiger partial charge is 0.196 e. The molecule has 25 heavy (non-hydrogen) atoms. The van der Waals surface area contributed by atoms with Crippen LogP contribution in [0.25, 0.3) is 32.4 Å². The van der Waals surface area contributed by atoms with Gasteiger partial charge in [-0.2, -0.15) is 0 Å². The number of H-pyrrole nitrogens is 1. The highest BCUT2D eigenvalue weighted by atomic mass is 16.1. The van der Waals surface area contributed by atoms with Gasteiger partial charge in [0.25, 0.3) is 0 Å². The van der Waals surface area contributed by atoms with Gasteiger partial charge in [0.05, 0.1) is 0 Å². The van der Waals surface area contributed by atoms with E-state index in [-0.39, 0.29) is 5.78 Å². The fourth-order valence-electron chi connectivity index (χ4n) is 3.65. The fourth-order valence-corrected chi connectivity index (χ4v) is 3.65. The molecule has 0 aliphatic heterocycles. The Balaban J connectivity index is 1.88. The molecule has 0 aliphatic carbocycles. The van der Waals surface area contributed by atoms with Gasteiger partial charge in [-0.05, 0) is 33.7 Å². The van der Waals surface area contributed by atoms with Crippen molar-refractivity contribution in [2.75, 3.05) is 0 Å². The van der Waals surface area contributed by atoms with E-state index < -0.39 is 0 Å². The summed E-state index contributed by atoms with van der Waals surface area (Å²) in [5.74, 6) is 0.0606. The van der Waals surface area contributed by atoms with Gasteiger partial charge in [-0.1, -0.05) is 66.7 Å². The first-order valence-electron chi connectivity index (χ1n) is 8.34. The number of ketones is 1. The summed E-state index contributed by atoms with van der Waals surface area (Å²) in [5, 5.41) is 5.13.